The molecule has 0 atom stereocenters. The Balaban J connectivity index is 1.88. The van der Waals surface area contributed by atoms with Gasteiger partial charge in [-0.15, -0.1) is 11.3 Å². The molecule has 1 aliphatic heterocycles. The van der Waals surface area contributed by atoms with Crippen LogP contribution in [0.5, 0.6) is 0 Å². The molecule has 1 saturated heterocycles. The minimum Gasteiger partial charge on any atom is -0.481 e. The molecule has 0 aromatic carbocycles. The van der Waals surface area contributed by atoms with E-state index < -0.39 is 16.0 Å². The second-order valence-electron chi connectivity index (χ2n) is 4.83. The minimum atomic E-state index is -3.59. The molecule has 8 nitrogen and oxygen atoms in total. The lowest BCUT2D eigenvalue weighted by atomic mass is 10.4. The van der Waals surface area contributed by atoms with Gasteiger partial charge in [0.1, 0.15) is 4.21 Å². The third kappa shape index (κ3) is 4.56. The highest BCUT2D eigenvalue weighted by Gasteiger charge is 2.31. The molecule has 0 unspecified atom stereocenters. The van der Waals surface area contributed by atoms with E-state index in [2.05, 4.69) is 5.32 Å². The number of amides is 2. The Morgan fingerprint density at radius 1 is 1.26 bits per heavy atom. The summed E-state index contributed by atoms with van der Waals surface area (Å²) < 4.78 is 26.7. The number of nitrogens with zero attached hydrogens (tertiary/aromatic N) is 2. The average Bonchev–Trinajstić information content (AvgIpc) is 2.94. The number of aliphatic carboxylic acids is 1. The Hall–Kier alpha value is -1.36. The number of sulfonamides is 1. The first-order valence-electron chi connectivity index (χ1n) is 6.81. The van der Waals surface area contributed by atoms with Gasteiger partial charge in [0, 0.05) is 32.7 Å². The predicted octanol–water partition coefficient (Wildman–Crippen LogP) is 0.892. The first-order valence-corrected chi connectivity index (χ1v) is 9.44. The van der Waals surface area contributed by atoms with Crippen molar-refractivity contribution in [2.75, 3.05) is 32.7 Å². The topological polar surface area (TPSA) is 107 Å². The summed E-state index contributed by atoms with van der Waals surface area (Å²) in [4.78, 5) is 23.7. The Morgan fingerprint density at radius 2 is 1.91 bits per heavy atom. The zero-order valence-electron chi connectivity index (χ0n) is 12.1. The van der Waals surface area contributed by atoms with E-state index >= 15 is 0 Å². The van der Waals surface area contributed by atoms with Gasteiger partial charge in [0.15, 0.2) is 0 Å². The molecule has 1 aliphatic rings. The molecule has 0 saturated carbocycles. The molecular formula is C12H16ClN3O5S2. The lowest BCUT2D eigenvalue weighted by molar-refractivity contribution is -0.136. The Kier molecular flexibility index (Phi) is 5.84. The number of halogens is 1. The molecular weight excluding hydrogens is 366 g/mol. The molecule has 0 aliphatic carbocycles. The van der Waals surface area contributed by atoms with E-state index in [0.29, 0.717) is 4.34 Å². The van der Waals surface area contributed by atoms with Crippen LogP contribution in [0.25, 0.3) is 0 Å². The maximum Gasteiger partial charge on any atom is 0.317 e. The molecule has 1 aromatic heterocycles. The highest BCUT2D eigenvalue weighted by molar-refractivity contribution is 7.91. The third-order valence-electron chi connectivity index (χ3n) is 3.28. The van der Waals surface area contributed by atoms with Gasteiger partial charge in [0.2, 0.25) is 0 Å². The van der Waals surface area contributed by atoms with Gasteiger partial charge in [-0.2, -0.15) is 4.31 Å². The Bertz CT molecular complexity index is 683. The van der Waals surface area contributed by atoms with Gasteiger partial charge >= 0.3 is 12.0 Å². The number of carbonyl (C=O) groups is 2. The molecule has 2 N–H and O–H groups in total. The molecule has 2 amide bonds. The van der Waals surface area contributed by atoms with Gasteiger partial charge in [0.25, 0.3) is 10.0 Å². The number of carboxylic acid groups (broad SMARTS) is 1. The lowest BCUT2D eigenvalue weighted by Crippen LogP contribution is -2.53. The van der Waals surface area contributed by atoms with Crippen LogP contribution in [0.1, 0.15) is 6.42 Å². The molecule has 0 spiro atoms. The van der Waals surface area contributed by atoms with E-state index in [4.69, 9.17) is 16.7 Å². The smallest absolute Gasteiger partial charge is 0.317 e. The number of urea groups is 1. The summed E-state index contributed by atoms with van der Waals surface area (Å²) in [5.41, 5.74) is 0. The Morgan fingerprint density at radius 3 is 2.43 bits per heavy atom. The lowest BCUT2D eigenvalue weighted by Gasteiger charge is -2.33. The van der Waals surface area contributed by atoms with Crippen molar-refractivity contribution >= 4 is 45.0 Å². The SMILES string of the molecule is O=C(O)CCNC(=O)N1CCN(S(=O)(=O)c2ccc(Cl)s2)CC1. The van der Waals surface area contributed by atoms with Crippen molar-refractivity contribution in [1.29, 1.82) is 0 Å². The van der Waals surface area contributed by atoms with Gasteiger partial charge in [-0.1, -0.05) is 11.6 Å². The van der Waals surface area contributed by atoms with Gasteiger partial charge in [-0.3, -0.25) is 4.79 Å². The van der Waals surface area contributed by atoms with Gasteiger partial charge in [-0.05, 0) is 12.1 Å². The second-order valence-corrected chi connectivity index (χ2v) is 8.71. The summed E-state index contributed by atoms with van der Waals surface area (Å²) in [6, 6.07) is 2.61. The second kappa shape index (κ2) is 7.47. The van der Waals surface area contributed by atoms with Crippen molar-refractivity contribution < 1.29 is 23.1 Å². The van der Waals surface area contributed by atoms with E-state index in [0.717, 1.165) is 11.3 Å². The predicted molar refractivity (Wildman–Crippen MR) is 85.3 cm³/mol. The van der Waals surface area contributed by atoms with Crippen LogP contribution in [0.15, 0.2) is 16.3 Å². The van der Waals surface area contributed by atoms with Crippen LogP contribution in [-0.4, -0.2) is 67.5 Å². The molecule has 2 rings (SSSR count). The van der Waals surface area contributed by atoms with Crippen LogP contribution >= 0.6 is 22.9 Å². The molecule has 1 fully saturated rings. The van der Waals surface area contributed by atoms with Crippen molar-refractivity contribution in [2.45, 2.75) is 10.6 Å². The molecule has 2 heterocycles. The molecule has 0 bridgehead atoms. The average molecular weight is 382 g/mol. The zero-order chi connectivity index (χ0) is 17.0. The summed E-state index contributed by atoms with van der Waals surface area (Å²) in [6.45, 7) is 0.906. The first kappa shape index (κ1) is 18.0. The summed E-state index contributed by atoms with van der Waals surface area (Å²) in [6.07, 6.45) is -0.154. The third-order valence-corrected chi connectivity index (χ3v) is 6.88. The summed E-state index contributed by atoms with van der Waals surface area (Å²) in [7, 11) is -3.59. The van der Waals surface area contributed by atoms with Crippen LogP contribution in [-0.2, 0) is 14.8 Å². The summed E-state index contributed by atoms with van der Waals surface area (Å²) in [5, 5.41) is 11.0. The van der Waals surface area contributed by atoms with Crippen molar-refractivity contribution in [2.24, 2.45) is 0 Å². The zero-order valence-corrected chi connectivity index (χ0v) is 14.5. The van der Waals surface area contributed by atoms with E-state index in [1.807, 2.05) is 0 Å². The number of carboxylic acids is 1. The fourth-order valence-corrected chi connectivity index (χ4v) is 5.14. The molecule has 0 radical (unpaired) electrons. The van der Waals surface area contributed by atoms with Crippen LogP contribution in [0.4, 0.5) is 4.79 Å². The van der Waals surface area contributed by atoms with E-state index in [9.17, 15) is 18.0 Å². The number of hydrogen-bond acceptors (Lipinski definition) is 5. The fraction of sp³-hybridized carbons (Fsp3) is 0.500. The standard InChI is InChI=1S/C12H16ClN3O5S2/c13-9-1-2-11(22-9)23(20,21)16-7-5-15(6-8-16)12(19)14-4-3-10(17)18/h1-2H,3-8H2,(H,14,19)(H,17,18). The van der Waals surface area contributed by atoms with Crippen molar-refractivity contribution in [3.63, 3.8) is 0 Å². The van der Waals surface area contributed by atoms with Crippen LogP contribution in [0.3, 0.4) is 0 Å². The number of rotatable bonds is 5. The van der Waals surface area contributed by atoms with Crippen molar-refractivity contribution in [3.8, 4) is 0 Å². The number of carbonyl (C=O) groups excluding carboxylic acids is 1. The highest BCUT2D eigenvalue weighted by atomic mass is 35.5. The number of hydrogen-bond donors (Lipinski definition) is 2. The molecule has 11 heteroatoms. The van der Waals surface area contributed by atoms with Gasteiger partial charge in [0.05, 0.1) is 10.8 Å². The molecule has 1 aromatic rings. The minimum absolute atomic E-state index is 0.0420. The van der Waals surface area contributed by atoms with Gasteiger partial charge < -0.3 is 15.3 Å². The Labute approximate surface area is 142 Å². The van der Waals surface area contributed by atoms with Crippen LogP contribution in [0.2, 0.25) is 4.34 Å². The largest absolute Gasteiger partial charge is 0.481 e. The maximum absolute atomic E-state index is 12.4. The normalized spacial score (nSPS) is 16.3. The quantitative estimate of drug-likeness (QED) is 0.787. The first-order chi connectivity index (χ1) is 10.8. The molecule has 23 heavy (non-hydrogen) atoms. The van der Waals surface area contributed by atoms with Crippen LogP contribution < -0.4 is 5.32 Å². The monoisotopic (exact) mass is 381 g/mol. The highest BCUT2D eigenvalue weighted by Crippen LogP contribution is 2.28. The van der Waals surface area contributed by atoms with Gasteiger partial charge in [-0.25, -0.2) is 13.2 Å². The number of piperazine rings is 1. The van der Waals surface area contributed by atoms with Crippen molar-refractivity contribution in [1.82, 2.24) is 14.5 Å². The number of nitrogens with one attached hydrogen (secondary N) is 1. The van der Waals surface area contributed by atoms with E-state index in [1.54, 1.807) is 0 Å². The number of thiophene rings is 1. The molecule has 128 valence electrons. The van der Waals surface area contributed by atoms with Crippen molar-refractivity contribution in [3.05, 3.63) is 16.5 Å². The van der Waals surface area contributed by atoms with Crippen LogP contribution in [0, 0.1) is 0 Å². The summed E-state index contributed by atoms with van der Waals surface area (Å²) in [5.74, 6) is -0.990. The fourth-order valence-electron chi connectivity index (χ4n) is 2.08. The van der Waals surface area contributed by atoms with E-state index in [-0.39, 0.29) is 49.4 Å². The maximum atomic E-state index is 12.4. The summed E-state index contributed by atoms with van der Waals surface area (Å²) >= 11 is 6.77. The van der Waals surface area contributed by atoms with E-state index in [1.165, 1.54) is 21.3 Å².